The molecule has 0 aliphatic carbocycles. The van der Waals surface area contributed by atoms with Crippen LogP contribution >= 0.6 is 15.9 Å². The molecule has 1 aliphatic heterocycles. The fourth-order valence-electron chi connectivity index (χ4n) is 1.75. The number of hydrogen-bond donors (Lipinski definition) is 1. The summed E-state index contributed by atoms with van der Waals surface area (Å²) in [7, 11) is -2.84. The molecule has 1 fully saturated rings. The molecule has 1 aromatic carbocycles. The molecule has 18 heavy (non-hydrogen) atoms. The van der Waals surface area contributed by atoms with Gasteiger partial charge in [-0.1, -0.05) is 6.07 Å². The summed E-state index contributed by atoms with van der Waals surface area (Å²) in [4.78, 5) is 10.3. The van der Waals surface area contributed by atoms with E-state index in [1.807, 2.05) is 0 Å². The minimum absolute atomic E-state index is 0.00975. The molecule has 0 amide bonds. The number of benzene rings is 1. The van der Waals surface area contributed by atoms with Crippen LogP contribution in [0.1, 0.15) is 5.56 Å². The Labute approximate surface area is 113 Å². The molecular formula is C10H11BrN2O4S. The zero-order valence-corrected chi connectivity index (χ0v) is 11.7. The summed E-state index contributed by atoms with van der Waals surface area (Å²) in [5.41, 5.74) is 0.768. The second kappa shape index (κ2) is 4.94. The summed E-state index contributed by atoms with van der Waals surface area (Å²) in [5.74, 6) is 0.289. The third-order valence-corrected chi connectivity index (χ3v) is 5.20. The van der Waals surface area contributed by atoms with Crippen molar-refractivity contribution in [2.24, 2.45) is 0 Å². The summed E-state index contributed by atoms with van der Waals surface area (Å²) >= 11 is 3.11. The zero-order valence-electron chi connectivity index (χ0n) is 9.30. The lowest BCUT2D eigenvalue weighted by molar-refractivity contribution is -0.385. The number of rotatable bonds is 4. The first-order valence-electron chi connectivity index (χ1n) is 5.24. The zero-order chi connectivity index (χ0) is 13.3. The van der Waals surface area contributed by atoms with Crippen molar-refractivity contribution in [1.82, 2.24) is 5.32 Å². The molecule has 1 aliphatic rings. The van der Waals surface area contributed by atoms with Crippen molar-refractivity contribution in [2.45, 2.75) is 12.6 Å². The van der Waals surface area contributed by atoms with Crippen LogP contribution in [-0.2, 0) is 16.4 Å². The standard InChI is InChI=1S/C10H11BrN2O4S/c11-9-2-1-7(3-10(9)13(14)15)4-12-8-5-18(16,17)6-8/h1-3,8,12H,4-6H2. The molecule has 0 radical (unpaired) electrons. The van der Waals surface area contributed by atoms with Crippen LogP contribution in [-0.4, -0.2) is 30.9 Å². The second-order valence-corrected chi connectivity index (χ2v) is 7.21. The lowest BCUT2D eigenvalue weighted by Crippen LogP contribution is -2.50. The number of hydrogen-bond acceptors (Lipinski definition) is 5. The van der Waals surface area contributed by atoms with Crippen LogP contribution in [0.4, 0.5) is 5.69 Å². The van der Waals surface area contributed by atoms with Gasteiger partial charge in [0.1, 0.15) is 0 Å². The average Bonchev–Trinajstić information content (AvgIpc) is 2.24. The number of nitrogens with zero attached hydrogens (tertiary/aromatic N) is 1. The quantitative estimate of drug-likeness (QED) is 0.661. The van der Waals surface area contributed by atoms with Gasteiger partial charge in [-0.2, -0.15) is 0 Å². The molecule has 0 bridgehead atoms. The summed E-state index contributed by atoms with van der Waals surface area (Å²) in [6.07, 6.45) is 0. The number of halogens is 1. The Hall–Kier alpha value is -0.990. The number of nitro groups is 1. The summed E-state index contributed by atoms with van der Waals surface area (Å²) in [5, 5.41) is 13.8. The van der Waals surface area contributed by atoms with E-state index >= 15 is 0 Å². The molecule has 0 atom stereocenters. The highest BCUT2D eigenvalue weighted by molar-refractivity contribution is 9.10. The van der Waals surface area contributed by atoms with Gasteiger partial charge in [-0.05, 0) is 27.6 Å². The Kier molecular flexibility index (Phi) is 3.69. The Morgan fingerprint density at radius 1 is 1.44 bits per heavy atom. The Bertz CT molecular complexity index is 576. The maximum atomic E-state index is 11.0. The van der Waals surface area contributed by atoms with Gasteiger partial charge in [0.15, 0.2) is 9.84 Å². The minimum Gasteiger partial charge on any atom is -0.308 e. The Morgan fingerprint density at radius 3 is 2.67 bits per heavy atom. The van der Waals surface area contributed by atoms with Gasteiger partial charge in [0.25, 0.3) is 5.69 Å². The van der Waals surface area contributed by atoms with E-state index in [-0.39, 0.29) is 23.2 Å². The van der Waals surface area contributed by atoms with Crippen molar-refractivity contribution >= 4 is 31.5 Å². The lowest BCUT2D eigenvalue weighted by atomic mass is 10.2. The van der Waals surface area contributed by atoms with Crippen LogP contribution in [0.2, 0.25) is 0 Å². The van der Waals surface area contributed by atoms with Crippen LogP contribution in [0.3, 0.4) is 0 Å². The van der Waals surface area contributed by atoms with Crippen LogP contribution in [0, 0.1) is 10.1 Å². The second-order valence-electron chi connectivity index (χ2n) is 4.20. The van der Waals surface area contributed by atoms with Gasteiger partial charge in [0.05, 0.1) is 20.9 Å². The molecule has 0 aromatic heterocycles. The molecule has 1 aromatic rings. The number of nitrogens with one attached hydrogen (secondary N) is 1. The Morgan fingerprint density at radius 2 is 2.11 bits per heavy atom. The fraction of sp³-hybridized carbons (Fsp3) is 0.400. The molecular weight excluding hydrogens is 324 g/mol. The topological polar surface area (TPSA) is 89.3 Å². The molecule has 6 nitrogen and oxygen atoms in total. The molecule has 1 saturated heterocycles. The molecule has 1 heterocycles. The first kappa shape index (κ1) is 13.4. The maximum Gasteiger partial charge on any atom is 0.283 e. The van der Waals surface area contributed by atoms with Crippen molar-refractivity contribution in [2.75, 3.05) is 11.5 Å². The molecule has 0 unspecified atom stereocenters. The van der Waals surface area contributed by atoms with E-state index in [1.54, 1.807) is 12.1 Å². The van der Waals surface area contributed by atoms with Crippen LogP contribution in [0.25, 0.3) is 0 Å². The lowest BCUT2D eigenvalue weighted by Gasteiger charge is -2.26. The van der Waals surface area contributed by atoms with E-state index in [0.717, 1.165) is 5.56 Å². The summed E-state index contributed by atoms with van der Waals surface area (Å²) in [6.45, 7) is 0.425. The van der Waals surface area contributed by atoms with Crippen molar-refractivity contribution < 1.29 is 13.3 Å². The van der Waals surface area contributed by atoms with E-state index in [2.05, 4.69) is 21.2 Å². The van der Waals surface area contributed by atoms with Crippen LogP contribution in [0.5, 0.6) is 0 Å². The highest BCUT2D eigenvalue weighted by Gasteiger charge is 2.32. The van der Waals surface area contributed by atoms with Crippen molar-refractivity contribution in [3.8, 4) is 0 Å². The highest BCUT2D eigenvalue weighted by Crippen LogP contribution is 2.25. The molecule has 0 saturated carbocycles. The van der Waals surface area contributed by atoms with E-state index in [9.17, 15) is 18.5 Å². The first-order valence-corrected chi connectivity index (χ1v) is 7.85. The predicted octanol–water partition coefficient (Wildman–Crippen LogP) is 1.24. The van der Waals surface area contributed by atoms with E-state index in [0.29, 0.717) is 11.0 Å². The van der Waals surface area contributed by atoms with Crippen LogP contribution in [0.15, 0.2) is 22.7 Å². The van der Waals surface area contributed by atoms with E-state index in [1.165, 1.54) is 6.07 Å². The molecule has 0 spiro atoms. The molecule has 1 N–H and O–H groups in total. The molecule has 98 valence electrons. The van der Waals surface area contributed by atoms with Crippen molar-refractivity contribution in [1.29, 1.82) is 0 Å². The highest BCUT2D eigenvalue weighted by atomic mass is 79.9. The third-order valence-electron chi connectivity index (χ3n) is 2.71. The molecule has 8 heteroatoms. The predicted molar refractivity (Wildman–Crippen MR) is 70.1 cm³/mol. The fourth-order valence-corrected chi connectivity index (χ4v) is 3.51. The van der Waals surface area contributed by atoms with Crippen molar-refractivity contribution in [3.05, 3.63) is 38.3 Å². The monoisotopic (exact) mass is 334 g/mol. The first-order chi connectivity index (χ1) is 8.37. The van der Waals surface area contributed by atoms with Gasteiger partial charge in [-0.15, -0.1) is 0 Å². The third kappa shape index (κ3) is 3.06. The minimum atomic E-state index is -2.84. The SMILES string of the molecule is O=[N+]([O-])c1cc(CNC2CS(=O)(=O)C2)ccc1Br. The summed E-state index contributed by atoms with van der Waals surface area (Å²) in [6, 6.07) is 4.81. The number of nitro benzene ring substituents is 1. The molecule has 2 rings (SSSR count). The van der Waals surface area contributed by atoms with Gasteiger partial charge < -0.3 is 5.32 Å². The van der Waals surface area contributed by atoms with E-state index < -0.39 is 14.8 Å². The van der Waals surface area contributed by atoms with E-state index in [4.69, 9.17) is 0 Å². The normalized spacial score (nSPS) is 18.3. The van der Waals surface area contributed by atoms with Crippen molar-refractivity contribution in [3.63, 3.8) is 0 Å². The largest absolute Gasteiger partial charge is 0.308 e. The van der Waals surface area contributed by atoms with Gasteiger partial charge >= 0.3 is 0 Å². The van der Waals surface area contributed by atoms with Gasteiger partial charge in [-0.3, -0.25) is 10.1 Å². The number of sulfone groups is 1. The average molecular weight is 335 g/mol. The van der Waals surface area contributed by atoms with Crippen LogP contribution < -0.4 is 5.32 Å². The summed E-state index contributed by atoms with van der Waals surface area (Å²) < 4.78 is 22.4. The Balaban J connectivity index is 1.98. The van der Waals surface area contributed by atoms with Gasteiger partial charge in [0.2, 0.25) is 0 Å². The van der Waals surface area contributed by atoms with Gasteiger partial charge in [0, 0.05) is 18.7 Å². The maximum absolute atomic E-state index is 11.0. The van der Waals surface area contributed by atoms with Gasteiger partial charge in [-0.25, -0.2) is 8.42 Å². The smallest absolute Gasteiger partial charge is 0.283 e.